The van der Waals surface area contributed by atoms with E-state index in [2.05, 4.69) is 43.1 Å². The number of ether oxygens (including phenoxy) is 1. The highest BCUT2D eigenvalue weighted by molar-refractivity contribution is 7.12. The topological polar surface area (TPSA) is 41.6 Å². The van der Waals surface area contributed by atoms with Crippen molar-refractivity contribution in [2.45, 2.75) is 70.6 Å². The van der Waals surface area contributed by atoms with Gasteiger partial charge in [0.2, 0.25) is 0 Å². The van der Waals surface area contributed by atoms with Crippen molar-refractivity contribution in [3.63, 3.8) is 0 Å². The van der Waals surface area contributed by atoms with Crippen molar-refractivity contribution in [1.29, 1.82) is 0 Å². The molecule has 1 amide bonds. The van der Waals surface area contributed by atoms with Gasteiger partial charge in [0.1, 0.15) is 5.75 Å². The first kappa shape index (κ1) is 19.5. The summed E-state index contributed by atoms with van der Waals surface area (Å²) in [5.74, 6) is 1.05. The molecule has 4 nitrogen and oxygen atoms in total. The normalized spacial score (nSPS) is 25.5. The largest absolute Gasteiger partial charge is 0.496 e. The van der Waals surface area contributed by atoms with Gasteiger partial charge in [-0.2, -0.15) is 0 Å². The van der Waals surface area contributed by atoms with E-state index in [1.807, 2.05) is 17.5 Å². The molecule has 2 aromatic rings. The van der Waals surface area contributed by atoms with Gasteiger partial charge in [-0.3, -0.25) is 9.69 Å². The van der Waals surface area contributed by atoms with Crippen LogP contribution in [0.4, 0.5) is 0 Å². The third-order valence-electron chi connectivity index (χ3n) is 6.77. The molecule has 28 heavy (non-hydrogen) atoms. The fraction of sp³-hybridized carbons (Fsp3) is 0.522. The lowest BCUT2D eigenvalue weighted by Crippen LogP contribution is -2.51. The average molecular weight is 399 g/mol. The summed E-state index contributed by atoms with van der Waals surface area (Å²) < 4.78 is 5.49. The van der Waals surface area contributed by atoms with Crippen molar-refractivity contribution < 1.29 is 9.53 Å². The second kappa shape index (κ2) is 7.88. The summed E-state index contributed by atoms with van der Waals surface area (Å²) in [7, 11) is 1.74. The van der Waals surface area contributed by atoms with Gasteiger partial charge in [0.15, 0.2) is 0 Å². The Balaban J connectivity index is 1.48. The lowest BCUT2D eigenvalue weighted by molar-refractivity contribution is 0.0691. The first-order valence-electron chi connectivity index (χ1n) is 10.3. The fourth-order valence-electron chi connectivity index (χ4n) is 5.28. The summed E-state index contributed by atoms with van der Waals surface area (Å²) in [6, 6.07) is 9.94. The van der Waals surface area contributed by atoms with Crippen LogP contribution >= 0.6 is 11.3 Å². The molecule has 3 unspecified atom stereocenters. The second-order valence-corrected chi connectivity index (χ2v) is 9.18. The maximum Gasteiger partial charge on any atom is 0.261 e. The monoisotopic (exact) mass is 398 g/mol. The smallest absolute Gasteiger partial charge is 0.261 e. The zero-order chi connectivity index (χ0) is 19.8. The number of fused-ring (bicyclic) bond motifs is 2. The van der Waals surface area contributed by atoms with Crippen LogP contribution in [0.15, 0.2) is 29.6 Å². The molecule has 2 fully saturated rings. The highest BCUT2D eigenvalue weighted by atomic mass is 32.1. The van der Waals surface area contributed by atoms with Gasteiger partial charge in [0.05, 0.1) is 12.0 Å². The fourth-order valence-corrected chi connectivity index (χ4v) is 5.91. The van der Waals surface area contributed by atoms with E-state index in [0.29, 0.717) is 18.1 Å². The average Bonchev–Trinajstić information content (AvgIpc) is 3.30. The number of benzene rings is 1. The SMILES string of the molecule is COc1ccc(C(C)N2C3CCC2CC(NC(=O)c2cccs2)C3)c(C)c1C. The van der Waals surface area contributed by atoms with Gasteiger partial charge >= 0.3 is 0 Å². The second-order valence-electron chi connectivity index (χ2n) is 8.23. The molecule has 150 valence electrons. The van der Waals surface area contributed by atoms with E-state index in [0.717, 1.165) is 23.5 Å². The molecule has 2 saturated heterocycles. The van der Waals surface area contributed by atoms with E-state index in [-0.39, 0.29) is 11.9 Å². The van der Waals surface area contributed by atoms with Crippen LogP contribution in [0.5, 0.6) is 5.75 Å². The number of methoxy groups -OCH3 is 1. The minimum atomic E-state index is 0.0857. The van der Waals surface area contributed by atoms with Crippen LogP contribution in [0, 0.1) is 13.8 Å². The van der Waals surface area contributed by atoms with Crippen LogP contribution in [0.2, 0.25) is 0 Å². The Morgan fingerprint density at radius 2 is 1.89 bits per heavy atom. The lowest BCUT2D eigenvalue weighted by atomic mass is 9.91. The number of hydrogen-bond acceptors (Lipinski definition) is 4. The van der Waals surface area contributed by atoms with Gasteiger partial charge in [0, 0.05) is 24.2 Å². The Bertz CT molecular complexity index is 835. The first-order valence-corrected chi connectivity index (χ1v) is 11.1. The summed E-state index contributed by atoms with van der Waals surface area (Å²) in [5, 5.41) is 5.25. The molecule has 0 aliphatic carbocycles. The lowest BCUT2D eigenvalue weighted by Gasteiger charge is -2.43. The molecule has 3 heterocycles. The molecule has 1 aromatic carbocycles. The van der Waals surface area contributed by atoms with Crippen molar-refractivity contribution in [2.75, 3.05) is 7.11 Å². The predicted octanol–water partition coefficient (Wildman–Crippen LogP) is 4.86. The van der Waals surface area contributed by atoms with E-state index in [9.17, 15) is 4.79 Å². The summed E-state index contributed by atoms with van der Waals surface area (Å²) in [5.41, 5.74) is 3.97. The van der Waals surface area contributed by atoms with Crippen molar-refractivity contribution in [3.8, 4) is 5.75 Å². The van der Waals surface area contributed by atoms with Crippen LogP contribution < -0.4 is 10.1 Å². The third-order valence-corrected chi connectivity index (χ3v) is 7.63. The predicted molar refractivity (Wildman–Crippen MR) is 114 cm³/mol. The third kappa shape index (κ3) is 3.46. The van der Waals surface area contributed by atoms with Gasteiger partial charge in [-0.15, -0.1) is 11.3 Å². The number of nitrogens with zero attached hydrogens (tertiary/aromatic N) is 1. The molecule has 2 aliphatic heterocycles. The van der Waals surface area contributed by atoms with E-state index in [1.165, 1.54) is 40.9 Å². The van der Waals surface area contributed by atoms with Crippen LogP contribution in [0.1, 0.15) is 65.0 Å². The zero-order valence-electron chi connectivity index (χ0n) is 17.2. The Morgan fingerprint density at radius 3 is 2.50 bits per heavy atom. The summed E-state index contributed by atoms with van der Waals surface area (Å²) in [6.45, 7) is 6.69. The van der Waals surface area contributed by atoms with Crippen LogP contribution in [0.3, 0.4) is 0 Å². The van der Waals surface area contributed by atoms with Crippen LogP contribution in [0.25, 0.3) is 0 Å². The molecule has 0 saturated carbocycles. The van der Waals surface area contributed by atoms with Crippen LogP contribution in [-0.4, -0.2) is 36.0 Å². The number of carbonyl (C=O) groups excluding carboxylic acids is 1. The van der Waals surface area contributed by atoms with Gasteiger partial charge in [-0.1, -0.05) is 12.1 Å². The Kier molecular flexibility index (Phi) is 5.48. The Labute approximate surface area is 171 Å². The first-order chi connectivity index (χ1) is 13.5. The molecule has 1 N–H and O–H groups in total. The van der Waals surface area contributed by atoms with E-state index >= 15 is 0 Å². The number of nitrogens with one attached hydrogen (secondary N) is 1. The van der Waals surface area contributed by atoms with E-state index in [1.54, 1.807) is 7.11 Å². The summed E-state index contributed by atoms with van der Waals surface area (Å²) >= 11 is 1.51. The molecule has 2 aliphatic rings. The minimum absolute atomic E-state index is 0.0857. The van der Waals surface area contributed by atoms with E-state index < -0.39 is 0 Å². The number of amides is 1. The number of rotatable bonds is 5. The number of carbonyl (C=O) groups is 1. The zero-order valence-corrected chi connectivity index (χ0v) is 18.0. The van der Waals surface area contributed by atoms with Gasteiger partial charge in [-0.25, -0.2) is 0 Å². The van der Waals surface area contributed by atoms with E-state index in [4.69, 9.17) is 4.74 Å². The highest BCUT2D eigenvalue weighted by Gasteiger charge is 2.43. The number of thiophene rings is 1. The molecule has 0 radical (unpaired) electrons. The quantitative estimate of drug-likeness (QED) is 0.782. The van der Waals surface area contributed by atoms with Crippen molar-refractivity contribution in [1.82, 2.24) is 10.2 Å². The highest BCUT2D eigenvalue weighted by Crippen LogP contribution is 2.43. The summed E-state index contributed by atoms with van der Waals surface area (Å²) in [4.78, 5) is 16.0. The molecule has 1 aromatic heterocycles. The van der Waals surface area contributed by atoms with Crippen molar-refractivity contribution in [2.24, 2.45) is 0 Å². The van der Waals surface area contributed by atoms with Gasteiger partial charge in [-0.05, 0) is 80.7 Å². The van der Waals surface area contributed by atoms with Crippen molar-refractivity contribution in [3.05, 3.63) is 51.2 Å². The van der Waals surface area contributed by atoms with Gasteiger partial charge in [0.25, 0.3) is 5.91 Å². The Hall–Kier alpha value is -1.85. The maximum absolute atomic E-state index is 12.5. The summed E-state index contributed by atoms with van der Waals surface area (Å²) in [6.07, 6.45) is 4.56. The number of piperidine rings is 1. The molecular formula is C23H30N2O2S. The van der Waals surface area contributed by atoms with Crippen molar-refractivity contribution >= 4 is 17.2 Å². The maximum atomic E-state index is 12.5. The standard InChI is InChI=1S/C23H30N2O2S/c1-14-15(2)21(27-4)10-9-20(14)16(3)25-18-7-8-19(25)13-17(12-18)24-23(26)22-6-5-11-28-22/h5-6,9-11,16-19H,7-8,12-13H2,1-4H3,(H,24,26). The molecule has 4 rings (SSSR count). The number of hydrogen-bond donors (Lipinski definition) is 1. The molecule has 5 heteroatoms. The molecular weight excluding hydrogens is 368 g/mol. The van der Waals surface area contributed by atoms with Crippen LogP contribution in [-0.2, 0) is 0 Å². The van der Waals surface area contributed by atoms with Gasteiger partial charge < -0.3 is 10.1 Å². The Morgan fingerprint density at radius 1 is 1.18 bits per heavy atom. The minimum Gasteiger partial charge on any atom is -0.496 e. The molecule has 2 bridgehead atoms. The molecule has 0 spiro atoms. The molecule has 3 atom stereocenters.